The third-order valence-corrected chi connectivity index (χ3v) is 5.61. The minimum Gasteiger partial charge on any atom is -0.373 e. The molecule has 0 aromatic heterocycles. The first-order valence-corrected chi connectivity index (χ1v) is 10.3. The van der Waals surface area contributed by atoms with E-state index in [0.29, 0.717) is 31.1 Å². The standard InChI is InChI=1S/C22H34N2O2/c1-17-14-24(15-18(2)26-17)16-21-10-8-20(9-11-21)13-23-22(25)12-19-6-4-3-5-7-19/h8-11,17-19H,3-7,12-16H2,1-2H3,(H,23,25). The predicted octanol–water partition coefficient (Wildman–Crippen LogP) is 3.88. The van der Waals surface area contributed by atoms with Gasteiger partial charge in [-0.2, -0.15) is 0 Å². The van der Waals surface area contributed by atoms with E-state index in [0.717, 1.165) is 19.6 Å². The Morgan fingerprint density at radius 1 is 1.04 bits per heavy atom. The molecule has 1 aliphatic carbocycles. The van der Waals surface area contributed by atoms with Gasteiger partial charge in [-0.05, 0) is 43.7 Å². The molecule has 0 radical (unpaired) electrons. The van der Waals surface area contributed by atoms with Gasteiger partial charge in [0.25, 0.3) is 0 Å². The molecule has 0 bridgehead atoms. The zero-order valence-electron chi connectivity index (χ0n) is 16.4. The molecule has 2 atom stereocenters. The van der Waals surface area contributed by atoms with Gasteiger partial charge in [0.2, 0.25) is 5.91 Å². The van der Waals surface area contributed by atoms with E-state index in [9.17, 15) is 4.79 Å². The predicted molar refractivity (Wildman–Crippen MR) is 105 cm³/mol. The molecule has 26 heavy (non-hydrogen) atoms. The van der Waals surface area contributed by atoms with Crippen molar-refractivity contribution in [3.63, 3.8) is 0 Å². The number of hydrogen-bond acceptors (Lipinski definition) is 3. The second-order valence-corrected chi connectivity index (χ2v) is 8.25. The zero-order chi connectivity index (χ0) is 18.4. The van der Waals surface area contributed by atoms with E-state index in [1.165, 1.54) is 43.2 Å². The fourth-order valence-corrected chi connectivity index (χ4v) is 4.36. The van der Waals surface area contributed by atoms with Crippen LogP contribution in [0.15, 0.2) is 24.3 Å². The molecule has 1 aromatic carbocycles. The van der Waals surface area contributed by atoms with E-state index in [2.05, 4.69) is 48.3 Å². The second kappa shape index (κ2) is 9.52. The molecule has 1 saturated heterocycles. The summed E-state index contributed by atoms with van der Waals surface area (Å²) in [4.78, 5) is 14.6. The lowest BCUT2D eigenvalue weighted by molar-refractivity contribution is -0.122. The second-order valence-electron chi connectivity index (χ2n) is 8.25. The third kappa shape index (κ3) is 6.10. The maximum absolute atomic E-state index is 12.1. The van der Waals surface area contributed by atoms with Crippen LogP contribution in [0.25, 0.3) is 0 Å². The van der Waals surface area contributed by atoms with Gasteiger partial charge in [-0.1, -0.05) is 43.5 Å². The number of carbonyl (C=O) groups excluding carboxylic acids is 1. The van der Waals surface area contributed by atoms with Crippen molar-refractivity contribution in [2.24, 2.45) is 5.92 Å². The van der Waals surface area contributed by atoms with Crippen molar-refractivity contribution in [1.82, 2.24) is 10.2 Å². The summed E-state index contributed by atoms with van der Waals surface area (Å²) in [6.07, 6.45) is 7.68. The molecule has 2 aliphatic rings. The lowest BCUT2D eigenvalue weighted by atomic mass is 9.87. The number of nitrogens with one attached hydrogen (secondary N) is 1. The van der Waals surface area contributed by atoms with E-state index < -0.39 is 0 Å². The minimum atomic E-state index is 0.206. The normalized spacial score (nSPS) is 25.2. The summed E-state index contributed by atoms with van der Waals surface area (Å²) < 4.78 is 5.80. The van der Waals surface area contributed by atoms with Gasteiger partial charge in [-0.3, -0.25) is 9.69 Å². The maximum Gasteiger partial charge on any atom is 0.220 e. The molecular weight excluding hydrogens is 324 g/mol. The number of amides is 1. The van der Waals surface area contributed by atoms with Crippen molar-refractivity contribution in [3.8, 4) is 0 Å². The Kier molecular flexibility index (Phi) is 7.09. The maximum atomic E-state index is 12.1. The monoisotopic (exact) mass is 358 g/mol. The highest BCUT2D eigenvalue weighted by molar-refractivity contribution is 5.76. The average Bonchev–Trinajstić information content (AvgIpc) is 2.61. The van der Waals surface area contributed by atoms with Crippen LogP contribution in [0.1, 0.15) is 63.5 Å². The van der Waals surface area contributed by atoms with E-state index in [-0.39, 0.29) is 5.91 Å². The first kappa shape index (κ1) is 19.4. The van der Waals surface area contributed by atoms with Gasteiger partial charge in [0, 0.05) is 32.6 Å². The summed E-state index contributed by atoms with van der Waals surface area (Å²) in [5.74, 6) is 0.807. The first-order chi connectivity index (χ1) is 12.6. The van der Waals surface area contributed by atoms with Gasteiger partial charge in [0.1, 0.15) is 0 Å². The number of carbonyl (C=O) groups is 1. The lowest BCUT2D eigenvalue weighted by Gasteiger charge is -2.35. The van der Waals surface area contributed by atoms with Gasteiger partial charge >= 0.3 is 0 Å². The van der Waals surface area contributed by atoms with Crippen molar-refractivity contribution in [1.29, 1.82) is 0 Å². The molecule has 1 N–H and O–H groups in total. The van der Waals surface area contributed by atoms with Crippen molar-refractivity contribution in [2.45, 2.75) is 77.7 Å². The van der Waals surface area contributed by atoms with E-state index in [1.54, 1.807) is 0 Å². The van der Waals surface area contributed by atoms with Crippen LogP contribution in [0.4, 0.5) is 0 Å². The summed E-state index contributed by atoms with van der Waals surface area (Å²) in [6.45, 7) is 7.86. The molecule has 1 aromatic rings. The van der Waals surface area contributed by atoms with Gasteiger partial charge in [-0.25, -0.2) is 0 Å². The summed E-state index contributed by atoms with van der Waals surface area (Å²) in [5.41, 5.74) is 2.50. The van der Waals surface area contributed by atoms with Crippen LogP contribution in [0.2, 0.25) is 0 Å². The van der Waals surface area contributed by atoms with Crippen molar-refractivity contribution in [3.05, 3.63) is 35.4 Å². The molecule has 144 valence electrons. The molecule has 3 rings (SSSR count). The van der Waals surface area contributed by atoms with Crippen molar-refractivity contribution in [2.75, 3.05) is 13.1 Å². The average molecular weight is 359 g/mol. The summed E-state index contributed by atoms with van der Waals surface area (Å²) in [5, 5.41) is 3.09. The first-order valence-electron chi connectivity index (χ1n) is 10.3. The van der Waals surface area contributed by atoms with Crippen LogP contribution < -0.4 is 5.32 Å². The molecule has 1 aliphatic heterocycles. The third-order valence-electron chi connectivity index (χ3n) is 5.61. The van der Waals surface area contributed by atoms with Crippen molar-refractivity contribution >= 4 is 5.91 Å². The highest BCUT2D eigenvalue weighted by Gasteiger charge is 2.22. The highest BCUT2D eigenvalue weighted by atomic mass is 16.5. The zero-order valence-corrected chi connectivity index (χ0v) is 16.4. The molecule has 1 saturated carbocycles. The molecule has 1 amide bonds. The molecule has 4 nitrogen and oxygen atoms in total. The topological polar surface area (TPSA) is 41.6 Å². The van der Waals surface area contributed by atoms with Gasteiger partial charge in [-0.15, -0.1) is 0 Å². The Morgan fingerprint density at radius 2 is 1.65 bits per heavy atom. The van der Waals surface area contributed by atoms with Crippen LogP contribution >= 0.6 is 0 Å². The molecule has 0 spiro atoms. The highest BCUT2D eigenvalue weighted by Crippen LogP contribution is 2.26. The van der Waals surface area contributed by atoms with Gasteiger partial charge in [0.05, 0.1) is 12.2 Å². The SMILES string of the molecule is CC1CN(Cc2ccc(CNC(=O)CC3CCCCC3)cc2)CC(C)O1. The smallest absolute Gasteiger partial charge is 0.220 e. The number of nitrogens with zero attached hydrogens (tertiary/aromatic N) is 1. The summed E-state index contributed by atoms with van der Waals surface area (Å²) in [6, 6.07) is 8.66. The molecule has 1 heterocycles. The number of ether oxygens (including phenoxy) is 1. The largest absolute Gasteiger partial charge is 0.373 e. The Balaban J connectivity index is 1.41. The molecule has 2 unspecified atom stereocenters. The van der Waals surface area contributed by atoms with Crippen LogP contribution in [0, 0.1) is 5.92 Å². The molecule has 2 fully saturated rings. The van der Waals surface area contributed by atoms with Crippen LogP contribution in [-0.2, 0) is 22.6 Å². The fraction of sp³-hybridized carbons (Fsp3) is 0.682. The summed E-state index contributed by atoms with van der Waals surface area (Å²) in [7, 11) is 0. The quantitative estimate of drug-likeness (QED) is 0.839. The van der Waals surface area contributed by atoms with E-state index in [1.807, 2.05) is 0 Å². The molecule has 4 heteroatoms. The Hall–Kier alpha value is -1.39. The number of morpholine rings is 1. The Labute approximate surface area is 158 Å². The van der Waals surface area contributed by atoms with Gasteiger partial charge in [0.15, 0.2) is 0 Å². The van der Waals surface area contributed by atoms with Crippen LogP contribution in [0.3, 0.4) is 0 Å². The van der Waals surface area contributed by atoms with Gasteiger partial charge < -0.3 is 10.1 Å². The number of rotatable bonds is 6. The van der Waals surface area contributed by atoms with Crippen LogP contribution in [-0.4, -0.2) is 36.1 Å². The van der Waals surface area contributed by atoms with Crippen LogP contribution in [0.5, 0.6) is 0 Å². The summed E-state index contributed by atoms with van der Waals surface area (Å²) >= 11 is 0. The lowest BCUT2D eigenvalue weighted by Crippen LogP contribution is -2.44. The number of benzene rings is 1. The van der Waals surface area contributed by atoms with E-state index >= 15 is 0 Å². The van der Waals surface area contributed by atoms with E-state index in [4.69, 9.17) is 4.74 Å². The fourth-order valence-electron chi connectivity index (χ4n) is 4.36. The number of hydrogen-bond donors (Lipinski definition) is 1. The molecular formula is C22H34N2O2. The Morgan fingerprint density at radius 3 is 2.31 bits per heavy atom. The minimum absolute atomic E-state index is 0.206. The Bertz CT molecular complexity index is 556. The van der Waals surface area contributed by atoms with Crippen molar-refractivity contribution < 1.29 is 9.53 Å².